The van der Waals surface area contributed by atoms with Crippen LogP contribution < -0.4 is 10.2 Å². The highest BCUT2D eigenvalue weighted by Gasteiger charge is 2.24. The summed E-state index contributed by atoms with van der Waals surface area (Å²) in [6.45, 7) is 3.23. The van der Waals surface area contributed by atoms with Gasteiger partial charge in [0.15, 0.2) is 0 Å². The number of nitro benzene ring substituents is 1. The lowest BCUT2D eigenvalue weighted by Crippen LogP contribution is -2.29. The standard InChI is InChI=1S/C26H29N7O4/c1-16-14-21(31(4)13-12-30(2)3)22(33(36)37)15-19(16)29-26-27-11-10-18(28-26)23-17-8-6-7-9-20(17)32(5)24(23)25(34)35/h6-11,14-15H,12-13H2,1-5H3,(H,34,35)(H,27,28,29). The highest BCUT2D eigenvalue weighted by atomic mass is 16.6. The van der Waals surface area contributed by atoms with Crippen molar-refractivity contribution in [1.82, 2.24) is 19.4 Å². The Labute approximate surface area is 214 Å². The SMILES string of the molecule is Cc1cc(N(C)CCN(C)C)c([N+](=O)[O-])cc1Nc1nccc(-c2c(C(=O)O)n(C)c3ccccc23)n1. The average Bonchev–Trinajstić information content (AvgIpc) is 3.16. The zero-order valence-corrected chi connectivity index (χ0v) is 21.4. The third kappa shape index (κ3) is 5.07. The van der Waals surface area contributed by atoms with Crippen molar-refractivity contribution in [2.45, 2.75) is 6.92 Å². The molecule has 37 heavy (non-hydrogen) atoms. The van der Waals surface area contributed by atoms with Gasteiger partial charge in [-0.1, -0.05) is 18.2 Å². The lowest BCUT2D eigenvalue weighted by atomic mass is 10.1. The molecule has 11 nitrogen and oxygen atoms in total. The molecule has 0 amide bonds. The van der Waals surface area contributed by atoms with Crippen LogP contribution in [0.4, 0.5) is 23.0 Å². The summed E-state index contributed by atoms with van der Waals surface area (Å²) in [5, 5.41) is 25.7. The normalized spacial score (nSPS) is 11.2. The third-order valence-electron chi connectivity index (χ3n) is 6.28. The molecule has 0 spiro atoms. The number of hydrogen-bond donors (Lipinski definition) is 2. The molecule has 0 aliphatic rings. The van der Waals surface area contributed by atoms with Crippen LogP contribution in [0, 0.1) is 17.0 Å². The predicted octanol–water partition coefficient (Wildman–Crippen LogP) is 4.29. The quantitative estimate of drug-likeness (QED) is 0.254. The monoisotopic (exact) mass is 503 g/mol. The molecule has 2 aromatic heterocycles. The lowest BCUT2D eigenvalue weighted by Gasteiger charge is -2.22. The molecule has 11 heteroatoms. The van der Waals surface area contributed by atoms with Crippen molar-refractivity contribution in [1.29, 1.82) is 0 Å². The van der Waals surface area contributed by atoms with Crippen molar-refractivity contribution in [3.8, 4) is 11.3 Å². The number of aromatic carboxylic acids is 1. The highest BCUT2D eigenvalue weighted by molar-refractivity contribution is 6.07. The van der Waals surface area contributed by atoms with Crippen LogP contribution in [0.1, 0.15) is 16.1 Å². The fourth-order valence-electron chi connectivity index (χ4n) is 4.32. The molecular formula is C26H29N7O4. The van der Waals surface area contributed by atoms with Crippen LogP contribution >= 0.6 is 0 Å². The van der Waals surface area contributed by atoms with Gasteiger partial charge in [-0.25, -0.2) is 14.8 Å². The smallest absolute Gasteiger partial charge is 0.353 e. The number of carbonyl (C=O) groups is 1. The molecule has 0 radical (unpaired) electrons. The molecule has 4 rings (SSSR count). The zero-order valence-electron chi connectivity index (χ0n) is 21.4. The van der Waals surface area contributed by atoms with Gasteiger partial charge in [0.1, 0.15) is 11.4 Å². The molecule has 2 heterocycles. The van der Waals surface area contributed by atoms with Gasteiger partial charge < -0.3 is 24.8 Å². The van der Waals surface area contributed by atoms with Gasteiger partial charge in [0.2, 0.25) is 5.95 Å². The van der Waals surface area contributed by atoms with Gasteiger partial charge in [-0.15, -0.1) is 0 Å². The maximum absolute atomic E-state index is 12.1. The Kier molecular flexibility index (Phi) is 7.07. The molecule has 2 N–H and O–H groups in total. The van der Waals surface area contributed by atoms with Crippen molar-refractivity contribution in [2.24, 2.45) is 7.05 Å². The lowest BCUT2D eigenvalue weighted by molar-refractivity contribution is -0.384. The summed E-state index contributed by atoms with van der Waals surface area (Å²) in [5.74, 6) is -0.866. The number of fused-ring (bicyclic) bond motifs is 1. The molecule has 0 bridgehead atoms. The second-order valence-electron chi connectivity index (χ2n) is 9.13. The Morgan fingerprint density at radius 2 is 1.89 bits per heavy atom. The van der Waals surface area contributed by atoms with E-state index in [9.17, 15) is 20.0 Å². The van der Waals surface area contributed by atoms with E-state index in [1.807, 2.05) is 62.1 Å². The minimum atomic E-state index is -1.07. The fourth-order valence-corrected chi connectivity index (χ4v) is 4.32. The number of aromatic nitrogens is 3. The number of rotatable bonds is 9. The minimum absolute atomic E-state index is 0.0345. The van der Waals surface area contributed by atoms with Crippen LogP contribution in [-0.4, -0.2) is 69.7 Å². The summed E-state index contributed by atoms with van der Waals surface area (Å²) in [7, 11) is 7.43. The van der Waals surface area contributed by atoms with Crippen LogP contribution in [0.5, 0.6) is 0 Å². The molecule has 0 saturated heterocycles. The van der Waals surface area contributed by atoms with Crippen LogP contribution in [0.15, 0.2) is 48.7 Å². The van der Waals surface area contributed by atoms with E-state index in [4.69, 9.17) is 0 Å². The molecule has 4 aromatic rings. The van der Waals surface area contributed by atoms with E-state index in [1.54, 1.807) is 23.7 Å². The van der Waals surface area contributed by atoms with E-state index < -0.39 is 10.9 Å². The van der Waals surface area contributed by atoms with Gasteiger partial charge in [-0.3, -0.25) is 10.1 Å². The number of nitrogens with one attached hydrogen (secondary N) is 1. The summed E-state index contributed by atoms with van der Waals surface area (Å²) in [5.41, 5.74) is 3.55. The van der Waals surface area contributed by atoms with Crippen LogP contribution in [0.2, 0.25) is 0 Å². The average molecular weight is 504 g/mol. The van der Waals surface area contributed by atoms with Crippen LogP contribution in [0.25, 0.3) is 22.2 Å². The first kappa shape index (κ1) is 25.6. The minimum Gasteiger partial charge on any atom is -0.477 e. The molecule has 0 saturated carbocycles. The van der Waals surface area contributed by atoms with Gasteiger partial charge >= 0.3 is 5.97 Å². The van der Waals surface area contributed by atoms with Crippen molar-refractivity contribution in [3.05, 3.63) is 70.0 Å². The molecule has 192 valence electrons. The number of nitrogens with zero attached hydrogens (tertiary/aromatic N) is 6. The first-order chi connectivity index (χ1) is 17.6. The molecule has 0 atom stereocenters. The Bertz CT molecular complexity index is 1500. The number of para-hydroxylation sites is 1. The van der Waals surface area contributed by atoms with E-state index in [0.29, 0.717) is 29.2 Å². The van der Waals surface area contributed by atoms with Gasteiger partial charge in [0, 0.05) is 55.9 Å². The number of hydrogen-bond acceptors (Lipinski definition) is 8. The van der Waals surface area contributed by atoms with E-state index in [1.165, 1.54) is 12.3 Å². The number of aryl methyl sites for hydroxylation is 2. The largest absolute Gasteiger partial charge is 0.477 e. The molecule has 0 unspecified atom stereocenters. The van der Waals surface area contributed by atoms with Crippen molar-refractivity contribution in [2.75, 3.05) is 44.4 Å². The highest BCUT2D eigenvalue weighted by Crippen LogP contribution is 2.36. The van der Waals surface area contributed by atoms with Crippen LogP contribution in [-0.2, 0) is 7.05 Å². The zero-order chi connectivity index (χ0) is 26.9. The number of carboxylic acid groups (broad SMARTS) is 1. The first-order valence-electron chi connectivity index (χ1n) is 11.6. The topological polar surface area (TPSA) is 130 Å². The molecule has 0 fully saturated rings. The molecular weight excluding hydrogens is 474 g/mol. The summed E-state index contributed by atoms with van der Waals surface area (Å²) in [4.78, 5) is 36.4. The Morgan fingerprint density at radius 3 is 2.57 bits per heavy atom. The number of nitro groups is 1. The second-order valence-corrected chi connectivity index (χ2v) is 9.13. The Balaban J connectivity index is 1.74. The van der Waals surface area contributed by atoms with E-state index in [0.717, 1.165) is 23.0 Å². The predicted molar refractivity (Wildman–Crippen MR) is 144 cm³/mol. The van der Waals surface area contributed by atoms with Gasteiger partial charge in [-0.05, 0) is 44.8 Å². The summed E-state index contributed by atoms with van der Waals surface area (Å²) in [6, 6.07) is 12.3. The van der Waals surface area contributed by atoms with E-state index in [2.05, 4.69) is 15.3 Å². The number of likely N-dealkylation sites (N-methyl/N-ethyl adjacent to an activating group) is 2. The summed E-state index contributed by atoms with van der Waals surface area (Å²) in [6.07, 6.45) is 1.53. The third-order valence-corrected chi connectivity index (χ3v) is 6.28. The molecule has 2 aromatic carbocycles. The van der Waals surface area contributed by atoms with E-state index >= 15 is 0 Å². The van der Waals surface area contributed by atoms with E-state index in [-0.39, 0.29) is 17.3 Å². The number of benzene rings is 2. The fraction of sp³-hybridized carbons (Fsp3) is 0.269. The van der Waals surface area contributed by atoms with Crippen LogP contribution in [0.3, 0.4) is 0 Å². The Morgan fingerprint density at radius 1 is 1.16 bits per heavy atom. The first-order valence-corrected chi connectivity index (χ1v) is 11.6. The maximum Gasteiger partial charge on any atom is 0.353 e. The second kappa shape index (κ2) is 10.2. The number of carboxylic acids is 1. The molecule has 0 aliphatic carbocycles. The number of anilines is 3. The van der Waals surface area contributed by atoms with Crippen molar-refractivity contribution >= 4 is 39.9 Å². The van der Waals surface area contributed by atoms with Crippen molar-refractivity contribution in [3.63, 3.8) is 0 Å². The van der Waals surface area contributed by atoms with Gasteiger partial charge in [-0.2, -0.15) is 0 Å². The summed E-state index contributed by atoms with van der Waals surface area (Å²) >= 11 is 0. The van der Waals surface area contributed by atoms with Crippen molar-refractivity contribution < 1.29 is 14.8 Å². The van der Waals surface area contributed by atoms with Gasteiger partial charge in [0.05, 0.1) is 16.3 Å². The summed E-state index contributed by atoms with van der Waals surface area (Å²) < 4.78 is 1.63. The Hall–Kier alpha value is -4.51. The van der Waals surface area contributed by atoms with Gasteiger partial charge in [0.25, 0.3) is 5.69 Å². The molecule has 0 aliphatic heterocycles. The maximum atomic E-state index is 12.1.